The molecule has 3 N–H and O–H groups in total. The number of hydrogen-bond acceptors (Lipinski definition) is 3. The average molecular weight is 320 g/mol. The van der Waals surface area contributed by atoms with Crippen LogP contribution in [0, 0.1) is 11.8 Å². The van der Waals surface area contributed by atoms with E-state index in [2.05, 4.69) is 5.32 Å². The molecule has 0 aromatic carbocycles. The molecule has 0 spiro atoms. The lowest BCUT2D eigenvalue weighted by Gasteiger charge is -2.27. The molecule has 1 fully saturated rings. The number of nitrogens with one attached hydrogen (secondary N) is 1. The highest BCUT2D eigenvalue weighted by Crippen LogP contribution is 2.23. The highest BCUT2D eigenvalue weighted by atomic mass is 35.5. The Morgan fingerprint density at radius 3 is 2.33 bits per heavy atom. The summed E-state index contributed by atoms with van der Waals surface area (Å²) in [5.41, 5.74) is 5.73. The molecule has 6 heteroatoms. The van der Waals surface area contributed by atoms with Crippen LogP contribution in [0.25, 0.3) is 0 Å². The van der Waals surface area contributed by atoms with Crippen LogP contribution in [0.5, 0.6) is 0 Å². The zero-order chi connectivity index (χ0) is 15.1. The molecule has 1 saturated carbocycles. The summed E-state index contributed by atoms with van der Waals surface area (Å²) < 4.78 is 0. The van der Waals surface area contributed by atoms with Gasteiger partial charge in [0.15, 0.2) is 0 Å². The van der Waals surface area contributed by atoms with Crippen molar-refractivity contribution in [3.63, 3.8) is 0 Å². The van der Waals surface area contributed by atoms with Crippen molar-refractivity contribution in [3.8, 4) is 0 Å². The first kappa shape index (κ1) is 20.2. The molecule has 0 saturated heterocycles. The van der Waals surface area contributed by atoms with E-state index in [9.17, 15) is 9.59 Å². The fraction of sp³-hybridized carbons (Fsp3) is 0.867. The number of likely N-dealkylation sites (N-methyl/N-ethyl adjacent to an activating group) is 1. The quantitative estimate of drug-likeness (QED) is 0.780. The van der Waals surface area contributed by atoms with Gasteiger partial charge in [-0.1, -0.05) is 33.1 Å². The van der Waals surface area contributed by atoms with Crippen LogP contribution < -0.4 is 11.1 Å². The lowest BCUT2D eigenvalue weighted by molar-refractivity contribution is -0.132. The third kappa shape index (κ3) is 7.14. The zero-order valence-corrected chi connectivity index (χ0v) is 14.2. The smallest absolute Gasteiger partial charge is 0.241 e. The van der Waals surface area contributed by atoms with E-state index in [1.54, 1.807) is 4.90 Å². The maximum absolute atomic E-state index is 12.0. The number of carbonyl (C=O) groups excluding carboxylic acids is 2. The van der Waals surface area contributed by atoms with E-state index in [0.29, 0.717) is 5.92 Å². The van der Waals surface area contributed by atoms with Gasteiger partial charge >= 0.3 is 0 Å². The van der Waals surface area contributed by atoms with Gasteiger partial charge in [-0.2, -0.15) is 0 Å². The monoisotopic (exact) mass is 319 g/mol. The highest BCUT2D eigenvalue weighted by molar-refractivity contribution is 5.87. The Morgan fingerprint density at radius 1 is 1.24 bits per heavy atom. The largest absolute Gasteiger partial charge is 0.346 e. The molecule has 0 heterocycles. The van der Waals surface area contributed by atoms with Gasteiger partial charge in [0.25, 0.3) is 0 Å². The summed E-state index contributed by atoms with van der Waals surface area (Å²) in [6, 6.07) is -0.550. The van der Waals surface area contributed by atoms with Crippen molar-refractivity contribution in [3.05, 3.63) is 0 Å². The molecular weight excluding hydrogens is 290 g/mol. The summed E-state index contributed by atoms with van der Waals surface area (Å²) in [6.45, 7) is 4.62. The van der Waals surface area contributed by atoms with Crippen molar-refractivity contribution in [1.82, 2.24) is 10.2 Å². The molecule has 2 amide bonds. The topological polar surface area (TPSA) is 75.4 Å². The fourth-order valence-electron chi connectivity index (χ4n) is 2.58. The van der Waals surface area contributed by atoms with Crippen molar-refractivity contribution in [2.24, 2.45) is 17.6 Å². The van der Waals surface area contributed by atoms with Crippen LogP contribution in [0.1, 0.15) is 46.0 Å². The van der Waals surface area contributed by atoms with Gasteiger partial charge in [-0.25, -0.2) is 0 Å². The Morgan fingerprint density at radius 2 is 1.81 bits per heavy atom. The molecule has 124 valence electrons. The lowest BCUT2D eigenvalue weighted by Crippen LogP contribution is -2.47. The predicted octanol–water partition coefficient (Wildman–Crippen LogP) is 1.55. The SMILES string of the molecule is CC(C)[C@H](N)C(=O)NCC(=O)N(C)CC1CCCCC1.Cl. The molecule has 5 nitrogen and oxygen atoms in total. The molecule has 0 radical (unpaired) electrons. The van der Waals surface area contributed by atoms with Crippen molar-refractivity contribution in [2.75, 3.05) is 20.1 Å². The molecule has 1 rings (SSSR count). The number of nitrogens with zero attached hydrogens (tertiary/aromatic N) is 1. The Kier molecular flexibility index (Phi) is 9.62. The third-order valence-corrected chi connectivity index (χ3v) is 4.12. The summed E-state index contributed by atoms with van der Waals surface area (Å²) in [6.07, 6.45) is 6.28. The molecule has 1 atom stereocenters. The number of carbonyl (C=O) groups is 2. The standard InChI is InChI=1S/C15H29N3O2.ClH/c1-11(2)14(16)15(20)17-9-13(19)18(3)10-12-7-5-4-6-8-12;/h11-12,14H,4-10,16H2,1-3H3,(H,17,20);1H/t14-;/m0./s1. The average Bonchev–Trinajstić information content (AvgIpc) is 2.44. The summed E-state index contributed by atoms with van der Waals surface area (Å²) in [4.78, 5) is 25.4. The van der Waals surface area contributed by atoms with Crippen LogP contribution in [0.2, 0.25) is 0 Å². The third-order valence-electron chi connectivity index (χ3n) is 4.12. The summed E-state index contributed by atoms with van der Waals surface area (Å²) >= 11 is 0. The molecular formula is C15H30ClN3O2. The second-order valence-electron chi connectivity index (χ2n) is 6.27. The minimum atomic E-state index is -0.550. The van der Waals surface area contributed by atoms with E-state index in [1.165, 1.54) is 32.1 Å². The first-order chi connectivity index (χ1) is 9.41. The van der Waals surface area contributed by atoms with Crippen LogP contribution in [-0.2, 0) is 9.59 Å². The van der Waals surface area contributed by atoms with Crippen molar-refractivity contribution >= 4 is 24.2 Å². The van der Waals surface area contributed by atoms with Gasteiger partial charge in [-0.05, 0) is 24.7 Å². The van der Waals surface area contributed by atoms with Crippen molar-refractivity contribution < 1.29 is 9.59 Å². The van der Waals surface area contributed by atoms with E-state index in [-0.39, 0.29) is 36.7 Å². The summed E-state index contributed by atoms with van der Waals surface area (Å²) in [5, 5.41) is 2.63. The number of hydrogen-bond donors (Lipinski definition) is 2. The van der Waals surface area contributed by atoms with Gasteiger partial charge in [0.05, 0.1) is 12.6 Å². The normalized spacial score (nSPS) is 17.0. The van der Waals surface area contributed by atoms with Crippen LogP contribution in [-0.4, -0.2) is 42.9 Å². The lowest BCUT2D eigenvalue weighted by atomic mass is 9.89. The van der Waals surface area contributed by atoms with E-state index in [1.807, 2.05) is 20.9 Å². The maximum Gasteiger partial charge on any atom is 0.241 e. The van der Waals surface area contributed by atoms with Crippen LogP contribution in [0.4, 0.5) is 0 Å². The number of nitrogens with two attached hydrogens (primary N) is 1. The van der Waals surface area contributed by atoms with Gasteiger partial charge < -0.3 is 16.0 Å². The molecule has 21 heavy (non-hydrogen) atoms. The molecule has 1 aliphatic carbocycles. The van der Waals surface area contributed by atoms with Crippen LogP contribution in [0.3, 0.4) is 0 Å². The second kappa shape index (κ2) is 10.0. The van der Waals surface area contributed by atoms with Crippen molar-refractivity contribution in [1.29, 1.82) is 0 Å². The van der Waals surface area contributed by atoms with Gasteiger partial charge in [0.2, 0.25) is 11.8 Å². The minimum Gasteiger partial charge on any atom is -0.346 e. The molecule has 1 aliphatic rings. The van der Waals surface area contributed by atoms with Gasteiger partial charge in [-0.15, -0.1) is 12.4 Å². The van der Waals surface area contributed by atoms with Crippen LogP contribution >= 0.6 is 12.4 Å². The second-order valence-corrected chi connectivity index (χ2v) is 6.27. The molecule has 0 bridgehead atoms. The molecule has 0 aromatic rings. The van der Waals surface area contributed by atoms with Gasteiger partial charge in [0.1, 0.15) is 0 Å². The van der Waals surface area contributed by atoms with Crippen LogP contribution in [0.15, 0.2) is 0 Å². The fourth-order valence-corrected chi connectivity index (χ4v) is 2.58. The number of halogens is 1. The Labute approximate surface area is 134 Å². The maximum atomic E-state index is 12.0. The first-order valence-corrected chi connectivity index (χ1v) is 7.69. The minimum absolute atomic E-state index is 0. The number of rotatable bonds is 6. The molecule has 0 aromatic heterocycles. The van der Waals surface area contributed by atoms with Gasteiger partial charge in [0, 0.05) is 13.6 Å². The van der Waals surface area contributed by atoms with Crippen molar-refractivity contribution in [2.45, 2.75) is 52.0 Å². The first-order valence-electron chi connectivity index (χ1n) is 7.69. The zero-order valence-electron chi connectivity index (χ0n) is 13.4. The van der Waals surface area contributed by atoms with E-state index >= 15 is 0 Å². The Bertz CT molecular complexity index is 331. The summed E-state index contributed by atoms with van der Waals surface area (Å²) in [5.74, 6) is 0.399. The van der Waals surface area contributed by atoms with E-state index in [0.717, 1.165) is 6.54 Å². The molecule has 0 aliphatic heterocycles. The van der Waals surface area contributed by atoms with Gasteiger partial charge in [-0.3, -0.25) is 9.59 Å². The predicted molar refractivity (Wildman–Crippen MR) is 87.3 cm³/mol. The molecule has 0 unspecified atom stereocenters. The number of amides is 2. The summed E-state index contributed by atoms with van der Waals surface area (Å²) in [7, 11) is 1.81. The Hall–Kier alpha value is -0.810. The van der Waals surface area contributed by atoms with E-state index in [4.69, 9.17) is 5.73 Å². The Balaban J connectivity index is 0.00000400. The highest BCUT2D eigenvalue weighted by Gasteiger charge is 2.20. The van der Waals surface area contributed by atoms with E-state index < -0.39 is 6.04 Å².